The second kappa shape index (κ2) is 7.29. The van der Waals surface area contributed by atoms with E-state index in [1.54, 1.807) is 24.3 Å². The molecule has 1 aliphatic carbocycles. The zero-order valence-corrected chi connectivity index (χ0v) is 14.5. The molecule has 2 N–H and O–H groups in total. The highest BCUT2D eigenvalue weighted by atomic mass is 16.3. The maximum atomic E-state index is 9.65. The van der Waals surface area contributed by atoms with E-state index in [0.717, 1.165) is 18.8 Å². The normalized spacial score (nSPS) is 17.7. The topological polar surface area (TPSA) is 40.5 Å². The number of hydrogen-bond donors (Lipinski definition) is 2. The molecule has 0 bridgehead atoms. The van der Waals surface area contributed by atoms with Crippen molar-refractivity contribution in [1.82, 2.24) is 0 Å². The standard InChI is InChI=1S/C22H28O2/c1-2-3-4-17-13-15-22(16-14-17,18-5-9-20(23)10-6-18)19-7-11-21(24)12-8-19/h5-12,17,23-24H,2-4,13-16H2,1H3. The molecule has 0 saturated heterocycles. The van der Waals surface area contributed by atoms with Crippen molar-refractivity contribution in [3.05, 3.63) is 59.7 Å². The number of phenols is 2. The fourth-order valence-electron chi connectivity index (χ4n) is 4.26. The van der Waals surface area contributed by atoms with Gasteiger partial charge >= 0.3 is 0 Å². The molecule has 0 heterocycles. The zero-order valence-electron chi connectivity index (χ0n) is 14.5. The van der Waals surface area contributed by atoms with Crippen LogP contribution in [0.4, 0.5) is 0 Å². The Morgan fingerprint density at radius 3 is 1.71 bits per heavy atom. The predicted octanol–water partition coefficient (Wildman–Crippen LogP) is 5.76. The third-order valence-electron chi connectivity index (χ3n) is 5.76. The smallest absolute Gasteiger partial charge is 0.115 e. The summed E-state index contributed by atoms with van der Waals surface area (Å²) in [5, 5.41) is 19.3. The molecule has 2 aromatic carbocycles. The molecule has 0 radical (unpaired) electrons. The monoisotopic (exact) mass is 324 g/mol. The molecule has 1 aliphatic rings. The zero-order chi connectivity index (χ0) is 17.0. The first kappa shape index (κ1) is 16.9. The van der Waals surface area contributed by atoms with Gasteiger partial charge in [0.1, 0.15) is 11.5 Å². The number of aromatic hydroxyl groups is 2. The molecule has 0 spiro atoms. The van der Waals surface area contributed by atoms with E-state index in [-0.39, 0.29) is 5.41 Å². The highest BCUT2D eigenvalue weighted by Crippen LogP contribution is 2.47. The molecule has 1 saturated carbocycles. The Morgan fingerprint density at radius 1 is 0.833 bits per heavy atom. The number of hydrogen-bond acceptors (Lipinski definition) is 2. The third-order valence-corrected chi connectivity index (χ3v) is 5.76. The van der Waals surface area contributed by atoms with Crippen LogP contribution in [0.2, 0.25) is 0 Å². The van der Waals surface area contributed by atoms with Crippen LogP contribution in [0.15, 0.2) is 48.5 Å². The summed E-state index contributed by atoms with van der Waals surface area (Å²) < 4.78 is 0. The van der Waals surface area contributed by atoms with Crippen molar-refractivity contribution in [2.45, 2.75) is 57.3 Å². The second-order valence-corrected chi connectivity index (χ2v) is 7.26. The molecule has 0 aromatic heterocycles. The van der Waals surface area contributed by atoms with Gasteiger partial charge in [-0.25, -0.2) is 0 Å². The van der Waals surface area contributed by atoms with Crippen LogP contribution in [0.1, 0.15) is 63.0 Å². The van der Waals surface area contributed by atoms with Crippen molar-refractivity contribution in [1.29, 1.82) is 0 Å². The third kappa shape index (κ3) is 3.43. The second-order valence-electron chi connectivity index (χ2n) is 7.26. The van der Waals surface area contributed by atoms with Gasteiger partial charge in [-0.2, -0.15) is 0 Å². The van der Waals surface area contributed by atoms with Crippen molar-refractivity contribution < 1.29 is 10.2 Å². The first-order chi connectivity index (χ1) is 11.6. The predicted molar refractivity (Wildman–Crippen MR) is 98.5 cm³/mol. The molecule has 1 fully saturated rings. The Morgan fingerprint density at radius 2 is 1.29 bits per heavy atom. The Balaban J connectivity index is 1.91. The van der Waals surface area contributed by atoms with E-state index in [2.05, 4.69) is 31.2 Å². The Bertz CT molecular complexity index is 587. The van der Waals surface area contributed by atoms with Crippen molar-refractivity contribution in [2.24, 2.45) is 5.92 Å². The number of rotatable bonds is 5. The van der Waals surface area contributed by atoms with Crippen LogP contribution in [0.25, 0.3) is 0 Å². The summed E-state index contributed by atoms with van der Waals surface area (Å²) in [5.41, 5.74) is 2.56. The van der Waals surface area contributed by atoms with E-state index in [9.17, 15) is 10.2 Å². The first-order valence-electron chi connectivity index (χ1n) is 9.23. The SMILES string of the molecule is CCCCC1CCC(c2ccc(O)cc2)(c2ccc(O)cc2)CC1. The van der Waals surface area contributed by atoms with Gasteiger partial charge in [-0.1, -0.05) is 50.5 Å². The average Bonchev–Trinajstić information content (AvgIpc) is 2.62. The van der Waals surface area contributed by atoms with Gasteiger partial charge in [0.15, 0.2) is 0 Å². The summed E-state index contributed by atoms with van der Waals surface area (Å²) in [6.07, 6.45) is 8.72. The molecule has 3 rings (SSSR count). The van der Waals surface area contributed by atoms with E-state index >= 15 is 0 Å². The van der Waals surface area contributed by atoms with Gasteiger partial charge in [0.05, 0.1) is 0 Å². The lowest BCUT2D eigenvalue weighted by Crippen LogP contribution is -2.33. The number of benzene rings is 2. The fourth-order valence-corrected chi connectivity index (χ4v) is 4.26. The van der Waals surface area contributed by atoms with Gasteiger partial charge in [-0.15, -0.1) is 0 Å². The largest absolute Gasteiger partial charge is 0.508 e. The molecule has 0 amide bonds. The van der Waals surface area contributed by atoms with Crippen LogP contribution in [0.3, 0.4) is 0 Å². The molecule has 2 nitrogen and oxygen atoms in total. The maximum Gasteiger partial charge on any atom is 0.115 e. The molecule has 0 aliphatic heterocycles. The fraction of sp³-hybridized carbons (Fsp3) is 0.455. The first-order valence-corrected chi connectivity index (χ1v) is 9.23. The highest BCUT2D eigenvalue weighted by Gasteiger charge is 2.38. The van der Waals surface area contributed by atoms with Crippen molar-refractivity contribution in [3.63, 3.8) is 0 Å². The number of unbranched alkanes of at least 4 members (excludes halogenated alkanes) is 1. The van der Waals surface area contributed by atoms with Crippen LogP contribution in [0.5, 0.6) is 11.5 Å². The molecule has 2 aromatic rings. The van der Waals surface area contributed by atoms with Crippen LogP contribution < -0.4 is 0 Å². The minimum Gasteiger partial charge on any atom is -0.508 e. The summed E-state index contributed by atoms with van der Waals surface area (Å²) in [4.78, 5) is 0. The lowest BCUT2D eigenvalue weighted by Gasteiger charge is -2.41. The number of phenolic OH excluding ortho intramolecular Hbond substituents is 2. The summed E-state index contributed by atoms with van der Waals surface area (Å²) in [6.45, 7) is 2.26. The maximum absolute atomic E-state index is 9.65. The lowest BCUT2D eigenvalue weighted by atomic mass is 9.62. The highest BCUT2D eigenvalue weighted by molar-refractivity contribution is 5.43. The van der Waals surface area contributed by atoms with Crippen LogP contribution in [-0.2, 0) is 5.41 Å². The van der Waals surface area contributed by atoms with E-state index in [1.165, 1.54) is 43.2 Å². The summed E-state index contributed by atoms with van der Waals surface area (Å²) >= 11 is 0. The molecule has 2 heteroatoms. The Labute approximate surface area is 145 Å². The molecule has 0 atom stereocenters. The Hall–Kier alpha value is -1.96. The van der Waals surface area contributed by atoms with Crippen LogP contribution >= 0.6 is 0 Å². The summed E-state index contributed by atoms with van der Waals surface area (Å²) in [6, 6.07) is 15.4. The molecule has 0 unspecified atom stereocenters. The molecular weight excluding hydrogens is 296 g/mol. The van der Waals surface area contributed by atoms with Gasteiger partial charge in [0.2, 0.25) is 0 Å². The van der Waals surface area contributed by atoms with Gasteiger partial charge < -0.3 is 10.2 Å². The van der Waals surface area contributed by atoms with Gasteiger partial charge in [-0.3, -0.25) is 0 Å². The average molecular weight is 324 g/mol. The van der Waals surface area contributed by atoms with Gasteiger partial charge in [0.25, 0.3) is 0 Å². The van der Waals surface area contributed by atoms with Crippen molar-refractivity contribution in [3.8, 4) is 11.5 Å². The van der Waals surface area contributed by atoms with Crippen molar-refractivity contribution in [2.75, 3.05) is 0 Å². The van der Waals surface area contributed by atoms with Gasteiger partial charge in [0, 0.05) is 5.41 Å². The van der Waals surface area contributed by atoms with E-state index < -0.39 is 0 Å². The molecular formula is C22H28O2. The van der Waals surface area contributed by atoms with Gasteiger partial charge in [-0.05, 0) is 67.0 Å². The van der Waals surface area contributed by atoms with E-state index in [1.807, 2.05) is 0 Å². The summed E-state index contributed by atoms with van der Waals surface area (Å²) in [5.74, 6) is 1.47. The molecule has 24 heavy (non-hydrogen) atoms. The van der Waals surface area contributed by atoms with E-state index in [0.29, 0.717) is 11.5 Å². The minimum atomic E-state index is 0.00408. The lowest BCUT2D eigenvalue weighted by molar-refractivity contribution is 0.251. The van der Waals surface area contributed by atoms with E-state index in [4.69, 9.17) is 0 Å². The quantitative estimate of drug-likeness (QED) is 0.733. The minimum absolute atomic E-state index is 0.00408. The van der Waals surface area contributed by atoms with Crippen molar-refractivity contribution >= 4 is 0 Å². The molecule has 128 valence electrons. The van der Waals surface area contributed by atoms with Crippen LogP contribution in [0, 0.1) is 5.92 Å². The summed E-state index contributed by atoms with van der Waals surface area (Å²) in [7, 11) is 0. The van der Waals surface area contributed by atoms with Crippen LogP contribution in [-0.4, -0.2) is 10.2 Å². The Kier molecular flexibility index (Phi) is 5.13.